The van der Waals surface area contributed by atoms with E-state index in [4.69, 9.17) is 9.47 Å². The van der Waals surface area contributed by atoms with Crippen molar-refractivity contribution in [3.63, 3.8) is 0 Å². The molecule has 3 aromatic rings. The molecule has 0 aliphatic heterocycles. The number of thiazole rings is 1. The lowest BCUT2D eigenvalue weighted by Gasteiger charge is -2.18. The van der Waals surface area contributed by atoms with Crippen LogP contribution in [-0.4, -0.2) is 34.4 Å². The van der Waals surface area contributed by atoms with Crippen LogP contribution in [0.2, 0.25) is 0 Å². The lowest BCUT2D eigenvalue weighted by Crippen LogP contribution is -2.22. The van der Waals surface area contributed by atoms with Crippen LogP contribution in [0.5, 0.6) is 0 Å². The van der Waals surface area contributed by atoms with Gasteiger partial charge in [-0.05, 0) is 51.0 Å². The summed E-state index contributed by atoms with van der Waals surface area (Å²) in [5, 5.41) is 2.23. The van der Waals surface area contributed by atoms with Crippen molar-refractivity contribution in [2.24, 2.45) is 0 Å². The first-order valence-electron chi connectivity index (χ1n) is 10.1. The zero-order valence-corrected chi connectivity index (χ0v) is 19.5. The lowest BCUT2D eigenvalue weighted by molar-refractivity contribution is -0.115. The molecular weight excluding hydrogens is 430 g/mol. The first kappa shape index (κ1) is 23.2. The number of nitrogens with one attached hydrogen (secondary N) is 1. The van der Waals surface area contributed by atoms with E-state index in [2.05, 4.69) is 9.97 Å². The van der Waals surface area contributed by atoms with Crippen LogP contribution < -0.4 is 4.90 Å². The molecule has 0 aliphatic rings. The predicted octanol–water partition coefficient (Wildman–Crippen LogP) is 4.61. The summed E-state index contributed by atoms with van der Waals surface area (Å²) in [6, 6.07) is 7.57. The van der Waals surface area contributed by atoms with Gasteiger partial charge < -0.3 is 14.5 Å². The van der Waals surface area contributed by atoms with Gasteiger partial charge in [0.2, 0.25) is 5.91 Å². The minimum absolute atomic E-state index is 0.0683. The molecule has 0 fully saturated rings. The van der Waals surface area contributed by atoms with Crippen LogP contribution in [0, 0.1) is 20.8 Å². The molecule has 1 N–H and O–H groups in total. The largest absolute Gasteiger partial charge is 0.462 e. The summed E-state index contributed by atoms with van der Waals surface area (Å²) in [7, 11) is 0. The molecule has 9 heteroatoms. The van der Waals surface area contributed by atoms with Gasteiger partial charge >= 0.3 is 11.9 Å². The second-order valence-electron chi connectivity index (χ2n) is 7.24. The Morgan fingerprint density at radius 3 is 2.53 bits per heavy atom. The van der Waals surface area contributed by atoms with Gasteiger partial charge in [0, 0.05) is 18.0 Å². The van der Waals surface area contributed by atoms with Gasteiger partial charge in [0.15, 0.2) is 5.13 Å². The summed E-state index contributed by atoms with van der Waals surface area (Å²) < 4.78 is 10.4. The van der Waals surface area contributed by atoms with E-state index in [0.29, 0.717) is 27.6 Å². The number of esters is 2. The number of anilines is 2. The molecule has 3 rings (SSSR count). The van der Waals surface area contributed by atoms with Crippen LogP contribution in [0.1, 0.15) is 57.2 Å². The predicted molar refractivity (Wildman–Crippen MR) is 121 cm³/mol. The van der Waals surface area contributed by atoms with Gasteiger partial charge in [-0.15, -0.1) is 11.3 Å². The molecule has 168 valence electrons. The fourth-order valence-electron chi connectivity index (χ4n) is 3.33. The van der Waals surface area contributed by atoms with E-state index in [9.17, 15) is 14.4 Å². The highest BCUT2D eigenvalue weighted by atomic mass is 32.1. The van der Waals surface area contributed by atoms with Crippen LogP contribution in [-0.2, 0) is 20.9 Å². The van der Waals surface area contributed by atoms with Crippen molar-refractivity contribution in [3.8, 4) is 0 Å². The molecule has 0 radical (unpaired) electrons. The number of carbonyl (C=O) groups is 3. The van der Waals surface area contributed by atoms with E-state index < -0.39 is 11.9 Å². The minimum Gasteiger partial charge on any atom is -0.462 e. The topological polar surface area (TPSA) is 102 Å². The van der Waals surface area contributed by atoms with Crippen LogP contribution in [0.4, 0.5) is 10.8 Å². The van der Waals surface area contributed by atoms with Crippen LogP contribution in [0.3, 0.4) is 0 Å². The van der Waals surface area contributed by atoms with Crippen molar-refractivity contribution < 1.29 is 23.9 Å². The van der Waals surface area contributed by atoms with Gasteiger partial charge in [0.05, 0.1) is 23.6 Å². The third-order valence-corrected chi connectivity index (χ3v) is 5.65. The highest BCUT2D eigenvalue weighted by Gasteiger charge is 2.24. The van der Waals surface area contributed by atoms with Crippen LogP contribution in [0.25, 0.3) is 0 Å². The van der Waals surface area contributed by atoms with Gasteiger partial charge in [-0.2, -0.15) is 0 Å². The fourth-order valence-corrected chi connectivity index (χ4v) is 4.21. The Bertz CT molecular complexity index is 1160. The summed E-state index contributed by atoms with van der Waals surface area (Å²) in [5.74, 6) is -1.25. The Labute approximate surface area is 190 Å². The number of amides is 1. The average molecular weight is 456 g/mol. The van der Waals surface area contributed by atoms with Crippen molar-refractivity contribution in [2.45, 2.75) is 41.2 Å². The maximum Gasteiger partial charge on any atom is 0.355 e. The van der Waals surface area contributed by atoms with Crippen molar-refractivity contribution >= 4 is 40.0 Å². The van der Waals surface area contributed by atoms with Gasteiger partial charge in [-0.3, -0.25) is 9.69 Å². The third kappa shape index (κ3) is 4.88. The first-order valence-corrected chi connectivity index (χ1v) is 11.0. The van der Waals surface area contributed by atoms with Gasteiger partial charge in [0.1, 0.15) is 12.3 Å². The maximum atomic E-state index is 12.6. The van der Waals surface area contributed by atoms with Crippen LogP contribution >= 0.6 is 11.3 Å². The summed E-state index contributed by atoms with van der Waals surface area (Å²) in [4.78, 5) is 45.9. The van der Waals surface area contributed by atoms with Crippen LogP contribution in [0.15, 0.2) is 29.6 Å². The lowest BCUT2D eigenvalue weighted by atomic mass is 10.1. The zero-order valence-electron chi connectivity index (χ0n) is 18.6. The summed E-state index contributed by atoms with van der Waals surface area (Å²) in [6.45, 7) is 8.69. The van der Waals surface area contributed by atoms with E-state index in [1.54, 1.807) is 26.2 Å². The van der Waals surface area contributed by atoms with E-state index in [0.717, 1.165) is 11.3 Å². The SMILES string of the molecule is CCOC(=O)c1c(C)[nH]c(C(=O)OCc2csc(N(C(C)=O)c3cccc(C)c3)n2)c1C. The second kappa shape index (κ2) is 9.78. The second-order valence-corrected chi connectivity index (χ2v) is 8.07. The Morgan fingerprint density at radius 2 is 1.88 bits per heavy atom. The molecule has 1 aromatic carbocycles. The average Bonchev–Trinajstić information content (AvgIpc) is 3.30. The number of hydrogen-bond acceptors (Lipinski definition) is 7. The summed E-state index contributed by atoms with van der Waals surface area (Å²) >= 11 is 1.29. The number of aryl methyl sites for hydroxylation is 2. The number of ether oxygens (including phenoxy) is 2. The molecule has 8 nitrogen and oxygen atoms in total. The van der Waals surface area contributed by atoms with E-state index in [-0.39, 0.29) is 24.8 Å². The van der Waals surface area contributed by atoms with Gasteiger partial charge in [-0.25, -0.2) is 14.6 Å². The number of carbonyl (C=O) groups excluding carboxylic acids is 3. The number of H-pyrrole nitrogens is 1. The van der Waals surface area contributed by atoms with Crippen molar-refractivity contribution in [2.75, 3.05) is 11.5 Å². The van der Waals surface area contributed by atoms with E-state index >= 15 is 0 Å². The maximum absolute atomic E-state index is 12.6. The molecule has 2 aromatic heterocycles. The van der Waals surface area contributed by atoms with Gasteiger partial charge in [0.25, 0.3) is 0 Å². The molecule has 0 spiro atoms. The molecule has 0 saturated carbocycles. The quantitative estimate of drug-likeness (QED) is 0.522. The van der Waals surface area contributed by atoms with Crippen molar-refractivity contribution in [1.29, 1.82) is 0 Å². The van der Waals surface area contributed by atoms with Crippen molar-refractivity contribution in [1.82, 2.24) is 9.97 Å². The zero-order chi connectivity index (χ0) is 23.4. The molecule has 1 amide bonds. The normalized spacial score (nSPS) is 10.7. The van der Waals surface area contributed by atoms with Gasteiger partial charge in [-0.1, -0.05) is 12.1 Å². The highest BCUT2D eigenvalue weighted by molar-refractivity contribution is 7.14. The van der Waals surface area contributed by atoms with Crippen molar-refractivity contribution in [3.05, 3.63) is 63.4 Å². The Balaban J connectivity index is 1.74. The number of rotatable bonds is 7. The third-order valence-electron chi connectivity index (χ3n) is 4.78. The molecule has 0 unspecified atom stereocenters. The molecule has 32 heavy (non-hydrogen) atoms. The molecule has 0 atom stereocenters. The number of nitrogens with zero attached hydrogens (tertiary/aromatic N) is 2. The number of aromatic amines is 1. The standard InChI is InChI=1S/C23H25N3O5S/c1-6-30-21(28)19-14(3)20(24-15(19)4)22(29)31-11-17-12-32-23(25-17)26(16(5)27)18-9-7-8-13(2)10-18/h7-10,12,24H,6,11H2,1-5H3. The molecule has 0 bridgehead atoms. The molecule has 0 saturated heterocycles. The van der Waals surface area contributed by atoms with E-state index in [1.165, 1.54) is 23.2 Å². The van der Waals surface area contributed by atoms with E-state index in [1.807, 2.05) is 31.2 Å². The fraction of sp³-hybridized carbons (Fsp3) is 0.304. The summed E-state index contributed by atoms with van der Waals surface area (Å²) in [5.41, 5.74) is 3.82. The monoisotopic (exact) mass is 455 g/mol. The summed E-state index contributed by atoms with van der Waals surface area (Å²) in [6.07, 6.45) is 0. The molecular formula is C23H25N3O5S. The Morgan fingerprint density at radius 1 is 1.12 bits per heavy atom. The number of benzene rings is 1. The minimum atomic E-state index is -0.599. The first-order chi connectivity index (χ1) is 15.2. The molecule has 0 aliphatic carbocycles. The Kier molecular flexibility index (Phi) is 7.09. The number of hydrogen-bond donors (Lipinski definition) is 1. The molecule has 2 heterocycles. The Hall–Kier alpha value is -3.46. The smallest absolute Gasteiger partial charge is 0.355 e. The number of aromatic nitrogens is 2. The highest BCUT2D eigenvalue weighted by Crippen LogP contribution is 2.30.